The molecule has 0 spiro atoms. The van der Waals surface area contributed by atoms with E-state index in [9.17, 15) is 9.90 Å². The quantitative estimate of drug-likeness (QED) is 0.544. The first-order valence-corrected chi connectivity index (χ1v) is 7.58. The highest BCUT2D eigenvalue weighted by Crippen LogP contribution is 2.28. The van der Waals surface area contributed by atoms with Crippen LogP contribution in [0.1, 0.15) is 39.0 Å². The van der Waals surface area contributed by atoms with Crippen molar-refractivity contribution in [3.05, 3.63) is 24.3 Å². The van der Waals surface area contributed by atoms with Crippen molar-refractivity contribution in [1.82, 2.24) is 0 Å². The molecule has 0 saturated carbocycles. The summed E-state index contributed by atoms with van der Waals surface area (Å²) in [6.45, 7) is 2.15. The molecule has 106 valence electrons. The summed E-state index contributed by atoms with van der Waals surface area (Å²) in [7, 11) is 1.62. The fraction of sp³-hybridized carbons (Fsp3) is 0.533. The number of rotatable bonds is 9. The van der Waals surface area contributed by atoms with Crippen molar-refractivity contribution in [3.63, 3.8) is 0 Å². The van der Waals surface area contributed by atoms with Gasteiger partial charge in [0.25, 0.3) is 0 Å². The minimum absolute atomic E-state index is 0.356. The van der Waals surface area contributed by atoms with Crippen LogP contribution in [0.3, 0.4) is 0 Å². The van der Waals surface area contributed by atoms with Gasteiger partial charge < -0.3 is 9.84 Å². The molecule has 19 heavy (non-hydrogen) atoms. The van der Waals surface area contributed by atoms with Gasteiger partial charge in [0.15, 0.2) is 0 Å². The molecule has 0 fully saturated rings. The number of unbranched alkanes of at least 4 members (excludes halogenated alkanes) is 3. The zero-order valence-corrected chi connectivity index (χ0v) is 12.4. The Labute approximate surface area is 119 Å². The number of carbonyl (C=O) groups is 1. The van der Waals surface area contributed by atoms with Gasteiger partial charge in [0.1, 0.15) is 11.0 Å². The molecule has 0 heterocycles. The molecule has 0 amide bonds. The van der Waals surface area contributed by atoms with Crippen LogP contribution in [0.4, 0.5) is 0 Å². The molecular weight excluding hydrogens is 260 g/mol. The summed E-state index contributed by atoms with van der Waals surface area (Å²) in [5.74, 6) is 0.0662. The molecule has 1 N–H and O–H groups in total. The van der Waals surface area contributed by atoms with Crippen LogP contribution in [0.25, 0.3) is 0 Å². The monoisotopic (exact) mass is 282 g/mol. The molecule has 1 aromatic carbocycles. The third kappa shape index (κ3) is 6.01. The van der Waals surface area contributed by atoms with E-state index in [1.54, 1.807) is 7.11 Å². The number of hydrogen-bond acceptors (Lipinski definition) is 3. The summed E-state index contributed by atoms with van der Waals surface area (Å²) < 4.78 is 5.09. The van der Waals surface area contributed by atoms with Gasteiger partial charge in [-0.2, -0.15) is 0 Å². The molecule has 0 radical (unpaired) electrons. The summed E-state index contributed by atoms with van der Waals surface area (Å²) in [6, 6.07) is 7.54. The van der Waals surface area contributed by atoms with Gasteiger partial charge in [0.2, 0.25) is 0 Å². The Morgan fingerprint density at radius 1 is 1.26 bits per heavy atom. The van der Waals surface area contributed by atoms with E-state index < -0.39 is 5.97 Å². The molecular formula is C15H22O3S. The largest absolute Gasteiger partial charge is 0.497 e. The van der Waals surface area contributed by atoms with Crippen molar-refractivity contribution < 1.29 is 14.6 Å². The number of aliphatic carboxylic acids is 1. The normalized spacial score (nSPS) is 12.1. The van der Waals surface area contributed by atoms with Crippen molar-refractivity contribution >= 4 is 17.7 Å². The second-order valence-electron chi connectivity index (χ2n) is 4.47. The van der Waals surface area contributed by atoms with Crippen LogP contribution < -0.4 is 4.74 Å². The SMILES string of the molecule is CCCCCC[C@@H](Sc1ccc(OC)cc1)C(=O)O. The van der Waals surface area contributed by atoms with Crippen molar-refractivity contribution in [2.75, 3.05) is 7.11 Å². The van der Waals surface area contributed by atoms with Crippen molar-refractivity contribution in [3.8, 4) is 5.75 Å². The highest BCUT2D eigenvalue weighted by molar-refractivity contribution is 8.00. The standard InChI is InChI=1S/C15H22O3S/c1-3-4-5-6-7-14(15(16)17)19-13-10-8-12(18-2)9-11-13/h8-11,14H,3-7H2,1-2H3,(H,16,17)/t14-/m1/s1. The van der Waals surface area contributed by atoms with Gasteiger partial charge >= 0.3 is 5.97 Å². The first-order chi connectivity index (χ1) is 9.17. The van der Waals surface area contributed by atoms with E-state index in [-0.39, 0.29) is 5.25 Å². The minimum atomic E-state index is -0.725. The van der Waals surface area contributed by atoms with Crippen LogP contribution in [0.15, 0.2) is 29.2 Å². The van der Waals surface area contributed by atoms with Gasteiger partial charge in [-0.05, 0) is 30.7 Å². The molecule has 0 aliphatic heterocycles. The van der Waals surface area contributed by atoms with Crippen molar-refractivity contribution in [2.24, 2.45) is 0 Å². The van der Waals surface area contributed by atoms with E-state index in [1.807, 2.05) is 24.3 Å². The van der Waals surface area contributed by atoms with Crippen molar-refractivity contribution in [1.29, 1.82) is 0 Å². The molecule has 0 saturated heterocycles. The van der Waals surface area contributed by atoms with E-state index in [2.05, 4.69) is 6.92 Å². The average Bonchev–Trinajstić information content (AvgIpc) is 2.42. The van der Waals surface area contributed by atoms with Crippen LogP contribution in [0.2, 0.25) is 0 Å². The van der Waals surface area contributed by atoms with Gasteiger partial charge in [-0.15, -0.1) is 11.8 Å². The Bertz CT molecular complexity index is 375. The lowest BCUT2D eigenvalue weighted by Gasteiger charge is -2.12. The summed E-state index contributed by atoms with van der Waals surface area (Å²) in [5.41, 5.74) is 0. The summed E-state index contributed by atoms with van der Waals surface area (Å²) in [6.07, 6.45) is 5.17. The maximum atomic E-state index is 11.2. The molecule has 0 aliphatic rings. The van der Waals surface area contributed by atoms with Crippen LogP contribution in [-0.4, -0.2) is 23.4 Å². The topological polar surface area (TPSA) is 46.5 Å². The van der Waals surface area contributed by atoms with Gasteiger partial charge in [-0.1, -0.05) is 32.6 Å². The Hall–Kier alpha value is -1.16. The Morgan fingerprint density at radius 3 is 2.47 bits per heavy atom. The van der Waals surface area contributed by atoms with Gasteiger partial charge in [0, 0.05) is 4.90 Å². The van der Waals surface area contributed by atoms with Crippen LogP contribution in [0.5, 0.6) is 5.75 Å². The third-order valence-corrected chi connectivity index (χ3v) is 4.20. The number of hydrogen-bond donors (Lipinski definition) is 1. The average molecular weight is 282 g/mol. The lowest BCUT2D eigenvalue weighted by Crippen LogP contribution is -2.16. The highest BCUT2D eigenvalue weighted by Gasteiger charge is 2.18. The van der Waals surface area contributed by atoms with E-state index in [0.717, 1.165) is 29.9 Å². The molecule has 0 unspecified atom stereocenters. The van der Waals surface area contributed by atoms with Crippen LogP contribution in [-0.2, 0) is 4.79 Å². The Morgan fingerprint density at radius 2 is 1.95 bits per heavy atom. The molecule has 1 rings (SSSR count). The maximum absolute atomic E-state index is 11.2. The number of methoxy groups -OCH3 is 1. The first kappa shape index (κ1) is 15.9. The minimum Gasteiger partial charge on any atom is -0.497 e. The fourth-order valence-electron chi connectivity index (χ4n) is 1.81. The lowest BCUT2D eigenvalue weighted by atomic mass is 10.1. The summed E-state index contributed by atoms with van der Waals surface area (Å²) >= 11 is 1.42. The molecule has 0 bridgehead atoms. The molecule has 0 aromatic heterocycles. The smallest absolute Gasteiger partial charge is 0.316 e. The van der Waals surface area contributed by atoms with Gasteiger partial charge in [0.05, 0.1) is 7.11 Å². The predicted octanol–water partition coefficient (Wildman–Crippen LogP) is 4.21. The molecule has 1 atom stereocenters. The molecule has 3 nitrogen and oxygen atoms in total. The van der Waals surface area contributed by atoms with E-state index in [4.69, 9.17) is 4.74 Å². The number of ether oxygens (including phenoxy) is 1. The number of carboxylic acid groups (broad SMARTS) is 1. The molecule has 4 heteroatoms. The van der Waals surface area contributed by atoms with Gasteiger partial charge in [-0.3, -0.25) is 4.79 Å². The number of thioether (sulfide) groups is 1. The van der Waals surface area contributed by atoms with Crippen molar-refractivity contribution in [2.45, 2.75) is 49.2 Å². The summed E-state index contributed by atoms with van der Waals surface area (Å²) in [5, 5.41) is 8.89. The maximum Gasteiger partial charge on any atom is 0.316 e. The predicted molar refractivity (Wildman–Crippen MR) is 79.0 cm³/mol. The van der Waals surface area contributed by atoms with Crippen LogP contribution in [0, 0.1) is 0 Å². The highest BCUT2D eigenvalue weighted by atomic mass is 32.2. The molecule has 1 aromatic rings. The second kappa shape index (κ2) is 8.86. The number of benzene rings is 1. The fourth-order valence-corrected chi connectivity index (χ4v) is 2.81. The zero-order chi connectivity index (χ0) is 14.1. The summed E-state index contributed by atoms with van der Waals surface area (Å²) in [4.78, 5) is 12.2. The first-order valence-electron chi connectivity index (χ1n) is 6.71. The van der Waals surface area contributed by atoms with E-state index >= 15 is 0 Å². The second-order valence-corrected chi connectivity index (χ2v) is 5.75. The zero-order valence-electron chi connectivity index (χ0n) is 11.6. The Balaban J connectivity index is 2.49. The van der Waals surface area contributed by atoms with Crippen LogP contribution >= 0.6 is 11.8 Å². The molecule has 0 aliphatic carbocycles. The third-order valence-electron chi connectivity index (χ3n) is 2.93. The van der Waals surface area contributed by atoms with Gasteiger partial charge in [-0.25, -0.2) is 0 Å². The van der Waals surface area contributed by atoms with E-state index in [1.165, 1.54) is 24.6 Å². The number of carboxylic acids is 1. The van der Waals surface area contributed by atoms with E-state index in [0.29, 0.717) is 0 Å². The lowest BCUT2D eigenvalue weighted by molar-refractivity contribution is -0.136. The Kier molecular flexibility index (Phi) is 7.41.